The molecule has 0 amide bonds. The van der Waals surface area contributed by atoms with Gasteiger partial charge in [0, 0.05) is 12.8 Å². The Labute approximate surface area is 85.2 Å². The summed E-state index contributed by atoms with van der Waals surface area (Å²) in [7, 11) is 0. The first-order valence-corrected chi connectivity index (χ1v) is 4.37. The van der Waals surface area contributed by atoms with Crippen molar-refractivity contribution in [3.63, 3.8) is 0 Å². The van der Waals surface area contributed by atoms with Crippen LogP contribution in [0.1, 0.15) is 26.7 Å². The molecule has 0 spiro atoms. The van der Waals surface area contributed by atoms with Crippen LogP contribution in [-0.2, 0) is 9.59 Å². The smallest absolute Gasteiger partial charge is 0.185 e. The molecular weight excluding hydrogens is 192 g/mol. The first-order valence-electron chi connectivity index (χ1n) is 3.48. The van der Waals surface area contributed by atoms with E-state index in [1.165, 1.54) is 0 Å². The third-order valence-electron chi connectivity index (χ3n) is 0.605. The summed E-state index contributed by atoms with van der Waals surface area (Å²) in [5.41, 5.74) is 0. The Morgan fingerprint density at radius 2 is 1.08 bits per heavy atom. The molecule has 2 nitrogen and oxygen atoms in total. The highest BCUT2D eigenvalue weighted by atomic mass is 32.1. The maximum absolute atomic E-state index is 9.68. The molecule has 0 rings (SSSR count). The Bertz CT molecular complexity index is 110. The van der Waals surface area contributed by atoms with Crippen molar-refractivity contribution in [1.82, 2.24) is 0 Å². The van der Waals surface area contributed by atoms with Crippen molar-refractivity contribution in [1.29, 1.82) is 0 Å². The van der Waals surface area contributed by atoms with E-state index in [-0.39, 0.29) is 10.2 Å². The van der Waals surface area contributed by atoms with Gasteiger partial charge in [-0.25, -0.2) is 0 Å². The average Bonchev–Trinajstić information content (AvgIpc) is 2.09. The van der Waals surface area contributed by atoms with Crippen LogP contribution in [0.3, 0.4) is 0 Å². The van der Waals surface area contributed by atoms with E-state index in [1.807, 2.05) is 0 Å². The second-order valence-corrected chi connectivity index (χ2v) is 2.49. The van der Waals surface area contributed by atoms with E-state index in [9.17, 15) is 9.59 Å². The van der Waals surface area contributed by atoms with Gasteiger partial charge in [0.1, 0.15) is 0 Å². The van der Waals surface area contributed by atoms with Crippen LogP contribution in [0, 0.1) is 0 Å². The van der Waals surface area contributed by atoms with Gasteiger partial charge >= 0.3 is 0 Å². The summed E-state index contributed by atoms with van der Waals surface area (Å²) < 4.78 is 0. The average molecular weight is 208 g/mol. The molecule has 0 saturated carbocycles. The Morgan fingerprint density at radius 3 is 1.08 bits per heavy atom. The zero-order valence-electron chi connectivity index (χ0n) is 7.54. The Hall–Kier alpha value is -0.220. The van der Waals surface area contributed by atoms with Crippen molar-refractivity contribution < 1.29 is 9.59 Å². The summed E-state index contributed by atoms with van der Waals surface area (Å²) in [4.78, 5) is 19.4. The third-order valence-corrected chi connectivity index (χ3v) is 1.24. The number of carbonyl (C=O) groups excluding carboxylic acids is 2. The van der Waals surface area contributed by atoms with Gasteiger partial charge in [-0.1, -0.05) is 13.8 Å². The molecule has 0 aromatic carbocycles. The lowest BCUT2D eigenvalue weighted by atomic mass is 10.6. The fourth-order valence-electron chi connectivity index (χ4n) is 0. The molecule has 0 aromatic rings. The summed E-state index contributed by atoms with van der Waals surface area (Å²) in [5, 5.41) is -0.102. The molecule has 0 aliphatic carbocycles. The lowest BCUT2D eigenvalue weighted by Gasteiger charge is -1.70. The van der Waals surface area contributed by atoms with Gasteiger partial charge in [0.15, 0.2) is 10.2 Å². The number of hydrogen-bond donors (Lipinski definition) is 2. The fourth-order valence-corrected chi connectivity index (χ4v) is 0. The molecule has 0 aromatic heterocycles. The zero-order valence-corrected chi connectivity index (χ0v) is 9.33. The lowest BCUT2D eigenvalue weighted by molar-refractivity contribution is -0.111. The van der Waals surface area contributed by atoms with Crippen LogP contribution in [-0.4, -0.2) is 10.2 Å². The first kappa shape index (κ1) is 17.8. The van der Waals surface area contributed by atoms with Crippen molar-refractivity contribution in [2.24, 2.45) is 0 Å². The van der Waals surface area contributed by atoms with Crippen molar-refractivity contribution >= 4 is 35.5 Å². The molecule has 4 heteroatoms. The van der Waals surface area contributed by atoms with E-state index in [0.717, 1.165) is 0 Å². The molecule has 0 unspecified atom stereocenters. The summed E-state index contributed by atoms with van der Waals surface area (Å²) >= 11 is 6.92. The van der Waals surface area contributed by atoms with Gasteiger partial charge in [-0.15, -0.1) is 38.4 Å². The zero-order chi connectivity index (χ0) is 10.6. The molecule has 0 aliphatic heterocycles. The van der Waals surface area contributed by atoms with Crippen LogP contribution in [0.5, 0.6) is 0 Å². The Morgan fingerprint density at radius 1 is 1.00 bits per heavy atom. The molecule has 0 fully saturated rings. The molecule has 12 heavy (non-hydrogen) atoms. The molecule has 0 radical (unpaired) electrons. The van der Waals surface area contributed by atoms with Crippen LogP contribution < -0.4 is 0 Å². The molecule has 0 aliphatic rings. The Balaban J connectivity index is -0.000000112. The number of hydrogen-bond acceptors (Lipinski definition) is 2. The van der Waals surface area contributed by atoms with Crippen LogP contribution in [0.15, 0.2) is 13.2 Å². The van der Waals surface area contributed by atoms with Gasteiger partial charge in [0.05, 0.1) is 0 Å². The van der Waals surface area contributed by atoms with Crippen molar-refractivity contribution in [2.45, 2.75) is 26.7 Å². The highest BCUT2D eigenvalue weighted by Gasteiger charge is 1.78. The molecule has 0 heterocycles. The van der Waals surface area contributed by atoms with E-state index in [4.69, 9.17) is 0 Å². The summed E-state index contributed by atoms with van der Waals surface area (Å²) in [6, 6.07) is 0. The number of carbonyl (C=O) groups is 2. The second kappa shape index (κ2) is 17.0. The van der Waals surface area contributed by atoms with Crippen molar-refractivity contribution in [3.8, 4) is 0 Å². The van der Waals surface area contributed by atoms with Gasteiger partial charge in [-0.05, 0) is 0 Å². The molecule has 72 valence electrons. The monoisotopic (exact) mass is 208 g/mol. The van der Waals surface area contributed by atoms with Gasteiger partial charge < -0.3 is 0 Å². The summed E-state index contributed by atoms with van der Waals surface area (Å²) in [6.07, 6.45) is 1.06. The van der Waals surface area contributed by atoms with E-state index >= 15 is 0 Å². The topological polar surface area (TPSA) is 34.1 Å². The second-order valence-electron chi connectivity index (χ2n) is 1.49. The van der Waals surface area contributed by atoms with Gasteiger partial charge in [0.2, 0.25) is 0 Å². The van der Waals surface area contributed by atoms with Gasteiger partial charge in [-0.2, -0.15) is 0 Å². The highest BCUT2D eigenvalue weighted by molar-refractivity contribution is 7.96. The van der Waals surface area contributed by atoms with Crippen molar-refractivity contribution in [3.05, 3.63) is 13.2 Å². The van der Waals surface area contributed by atoms with Crippen LogP contribution in [0.4, 0.5) is 0 Å². The third kappa shape index (κ3) is 52.8. The maximum Gasteiger partial charge on any atom is 0.185 e. The minimum absolute atomic E-state index is 0.0509. The minimum atomic E-state index is -0.0509. The van der Waals surface area contributed by atoms with Gasteiger partial charge in [0.25, 0.3) is 0 Å². The molecule has 0 bridgehead atoms. The standard InChI is InChI=1S/2C3H6OS.C2H4/c2*1-2-3(4)5;1-2/h2*2H2,1H3,(H,4,5);1-2H2. The van der Waals surface area contributed by atoms with Crippen molar-refractivity contribution in [2.75, 3.05) is 0 Å². The summed E-state index contributed by atoms with van der Waals surface area (Å²) in [6.45, 7) is 9.55. The van der Waals surface area contributed by atoms with Crippen LogP contribution in [0.2, 0.25) is 0 Å². The molecule has 0 atom stereocenters. The predicted molar refractivity (Wildman–Crippen MR) is 59.8 cm³/mol. The first-order chi connectivity index (χ1) is 5.54. The molecule has 0 saturated heterocycles. The normalized spacial score (nSPS) is 6.67. The molecular formula is C8H16O2S2. The quantitative estimate of drug-likeness (QED) is 0.540. The highest BCUT2D eigenvalue weighted by Crippen LogP contribution is 1.81. The fraction of sp³-hybridized carbons (Fsp3) is 0.500. The lowest BCUT2D eigenvalue weighted by Crippen LogP contribution is -1.74. The SMILES string of the molecule is C=C.CCC(=O)S.CCC(=O)S. The molecule has 0 N–H and O–H groups in total. The summed E-state index contributed by atoms with van der Waals surface area (Å²) in [5.74, 6) is 0. The predicted octanol–water partition coefficient (Wildman–Crippen LogP) is 2.51. The van der Waals surface area contributed by atoms with E-state index in [2.05, 4.69) is 38.4 Å². The van der Waals surface area contributed by atoms with E-state index in [1.54, 1.807) is 13.8 Å². The van der Waals surface area contributed by atoms with E-state index in [0.29, 0.717) is 12.8 Å². The number of thiol groups is 2. The van der Waals surface area contributed by atoms with E-state index < -0.39 is 0 Å². The number of rotatable bonds is 2. The van der Waals surface area contributed by atoms with Gasteiger partial charge in [-0.3, -0.25) is 9.59 Å². The largest absolute Gasteiger partial charge is 0.288 e. The van der Waals surface area contributed by atoms with Crippen LogP contribution in [0.25, 0.3) is 0 Å². The Kier molecular flexibility index (Phi) is 25.2. The maximum atomic E-state index is 9.68. The van der Waals surface area contributed by atoms with Crippen LogP contribution >= 0.6 is 25.3 Å². The minimum Gasteiger partial charge on any atom is -0.288 e.